The van der Waals surface area contributed by atoms with Crippen molar-refractivity contribution in [3.8, 4) is 0 Å². The Kier molecular flexibility index (Phi) is 8.71. The minimum Gasteiger partial charge on any atom is -0.480 e. The van der Waals surface area contributed by atoms with Gasteiger partial charge in [-0.25, -0.2) is 0 Å². The number of carbonyl (C=O) groups excluding carboxylic acids is 4. The molecule has 0 radical (unpaired) electrons. The van der Waals surface area contributed by atoms with Gasteiger partial charge in [0.15, 0.2) is 0 Å². The number of carboxylic acid groups (broad SMARTS) is 1. The largest absolute Gasteiger partial charge is 0.480 e. The lowest BCUT2D eigenvalue weighted by Gasteiger charge is -2.41. The van der Waals surface area contributed by atoms with Gasteiger partial charge in [0, 0.05) is 45.1 Å². The number of nitrogens with one attached hydrogen (secondary N) is 1. The van der Waals surface area contributed by atoms with Crippen LogP contribution in [0.4, 0.5) is 0 Å². The fourth-order valence-electron chi connectivity index (χ4n) is 4.35. The van der Waals surface area contributed by atoms with Gasteiger partial charge < -0.3 is 35.6 Å². The van der Waals surface area contributed by atoms with Crippen molar-refractivity contribution in [2.45, 2.75) is 31.0 Å². The van der Waals surface area contributed by atoms with Crippen molar-refractivity contribution in [2.75, 3.05) is 46.4 Å². The van der Waals surface area contributed by atoms with Crippen molar-refractivity contribution in [3.63, 3.8) is 0 Å². The summed E-state index contributed by atoms with van der Waals surface area (Å²) in [5.74, 6) is -3.60. The average molecular weight is 491 g/mol. The summed E-state index contributed by atoms with van der Waals surface area (Å²) >= 11 is 0. The van der Waals surface area contributed by atoms with E-state index in [9.17, 15) is 24.0 Å². The molecule has 1 aromatic heterocycles. The predicted molar refractivity (Wildman–Crippen MR) is 121 cm³/mol. The predicted octanol–water partition coefficient (Wildman–Crippen LogP) is -2.04. The number of piperazine rings is 2. The van der Waals surface area contributed by atoms with Crippen LogP contribution in [0.5, 0.6) is 0 Å². The second-order valence-corrected chi connectivity index (χ2v) is 8.38. The number of hydrogen-bond donors (Lipinski definition) is 3. The van der Waals surface area contributed by atoms with Crippen molar-refractivity contribution < 1.29 is 33.8 Å². The monoisotopic (exact) mass is 490 g/mol. The Morgan fingerprint density at radius 2 is 1.91 bits per heavy atom. The normalized spacial score (nSPS) is 21.4. The molecule has 2 aliphatic rings. The summed E-state index contributed by atoms with van der Waals surface area (Å²) in [6, 6.07) is 0.905. The molecule has 0 spiro atoms. The zero-order valence-corrected chi connectivity index (χ0v) is 19.5. The number of aromatic nitrogens is 1. The number of hydrogen-bond acceptors (Lipinski definition) is 9. The summed E-state index contributed by atoms with van der Waals surface area (Å²) in [7, 11) is 1.15. The lowest BCUT2D eigenvalue weighted by atomic mass is 10.0. The topological polar surface area (TPSA) is 175 Å². The average Bonchev–Trinajstić information content (AvgIpc) is 2.86. The van der Waals surface area contributed by atoms with E-state index in [1.54, 1.807) is 17.3 Å². The molecule has 0 aliphatic carbocycles. The molecule has 2 fully saturated rings. The van der Waals surface area contributed by atoms with Gasteiger partial charge in [0.25, 0.3) is 0 Å². The van der Waals surface area contributed by atoms with Crippen molar-refractivity contribution in [1.29, 1.82) is 0 Å². The van der Waals surface area contributed by atoms with Crippen molar-refractivity contribution >= 4 is 29.7 Å². The van der Waals surface area contributed by atoms with Crippen molar-refractivity contribution in [2.24, 2.45) is 5.73 Å². The molecular weight excluding hydrogens is 460 g/mol. The molecule has 3 heterocycles. The second kappa shape index (κ2) is 11.7. The lowest BCUT2D eigenvalue weighted by molar-refractivity contribution is -0.159. The van der Waals surface area contributed by atoms with E-state index < -0.39 is 48.8 Å². The SMILES string of the molecule is COC(=O)CC1C(=O)N(CC(=O)O)CCN1C(=O)C(N)CC(=O)N1CCNCC1c1ccncc1. The summed E-state index contributed by atoms with van der Waals surface area (Å²) in [6.07, 6.45) is 2.56. The van der Waals surface area contributed by atoms with E-state index in [2.05, 4.69) is 15.0 Å². The van der Waals surface area contributed by atoms with E-state index in [4.69, 9.17) is 10.8 Å². The van der Waals surface area contributed by atoms with Gasteiger partial charge in [-0.05, 0) is 17.7 Å². The third-order valence-corrected chi connectivity index (χ3v) is 6.15. The first-order valence-corrected chi connectivity index (χ1v) is 11.3. The zero-order valence-electron chi connectivity index (χ0n) is 19.5. The number of rotatable bonds is 8. The highest BCUT2D eigenvalue weighted by Gasteiger charge is 2.41. The maximum atomic E-state index is 13.2. The van der Waals surface area contributed by atoms with Gasteiger partial charge in [-0.15, -0.1) is 0 Å². The first kappa shape index (κ1) is 26.0. The van der Waals surface area contributed by atoms with E-state index >= 15 is 0 Å². The van der Waals surface area contributed by atoms with Crippen molar-refractivity contribution in [1.82, 2.24) is 25.0 Å². The summed E-state index contributed by atoms with van der Waals surface area (Å²) < 4.78 is 4.64. The third kappa shape index (κ3) is 6.31. The van der Waals surface area contributed by atoms with Gasteiger partial charge in [-0.1, -0.05) is 0 Å². The number of aliphatic carboxylic acids is 1. The van der Waals surface area contributed by atoms with Crippen LogP contribution in [-0.4, -0.2) is 113 Å². The zero-order chi connectivity index (χ0) is 25.5. The molecule has 3 amide bonds. The molecule has 13 heteroatoms. The smallest absolute Gasteiger partial charge is 0.323 e. The minimum absolute atomic E-state index is 0.0192. The summed E-state index contributed by atoms with van der Waals surface area (Å²) in [4.78, 5) is 70.1. The first-order chi connectivity index (χ1) is 16.7. The molecule has 190 valence electrons. The maximum Gasteiger partial charge on any atom is 0.323 e. The van der Waals surface area contributed by atoms with Crippen LogP contribution in [0.3, 0.4) is 0 Å². The number of nitrogens with zero attached hydrogens (tertiary/aromatic N) is 4. The minimum atomic E-state index is -1.26. The molecule has 3 unspecified atom stereocenters. The number of carboxylic acids is 1. The summed E-state index contributed by atoms with van der Waals surface area (Å²) in [5.41, 5.74) is 7.03. The van der Waals surface area contributed by atoms with E-state index in [0.29, 0.717) is 19.6 Å². The molecule has 2 aliphatic heterocycles. The number of amides is 3. The van der Waals surface area contributed by atoms with Gasteiger partial charge in [0.05, 0.1) is 32.0 Å². The molecule has 1 aromatic rings. The van der Waals surface area contributed by atoms with Crippen LogP contribution in [-0.2, 0) is 28.7 Å². The lowest BCUT2D eigenvalue weighted by Crippen LogP contribution is -2.62. The van der Waals surface area contributed by atoms with Crippen LogP contribution in [0.1, 0.15) is 24.4 Å². The number of carbonyl (C=O) groups is 5. The van der Waals surface area contributed by atoms with Crippen LogP contribution >= 0.6 is 0 Å². The van der Waals surface area contributed by atoms with Gasteiger partial charge in [0.2, 0.25) is 17.7 Å². The van der Waals surface area contributed by atoms with E-state index in [1.807, 2.05) is 12.1 Å². The quantitative estimate of drug-likeness (QED) is 0.344. The summed E-state index contributed by atoms with van der Waals surface area (Å²) in [6.45, 7) is 0.968. The molecule has 3 rings (SSSR count). The standard InChI is InChI=1S/C22H30N6O7/c1-35-20(32)11-16-22(34)26(13-19(30)31)8-9-28(16)21(33)15(23)10-18(29)27-7-6-25-12-17(27)14-2-4-24-5-3-14/h2-5,15-17,25H,6-13,23H2,1H3,(H,30,31). The molecule has 0 aromatic carbocycles. The number of pyridine rings is 1. The van der Waals surface area contributed by atoms with Crippen LogP contribution in [0, 0.1) is 0 Å². The Morgan fingerprint density at radius 3 is 2.57 bits per heavy atom. The number of ether oxygens (including phenoxy) is 1. The Hall–Kier alpha value is -3.58. The Labute approximate surface area is 202 Å². The molecule has 4 N–H and O–H groups in total. The molecule has 0 saturated carbocycles. The first-order valence-electron chi connectivity index (χ1n) is 11.3. The fraction of sp³-hybridized carbons (Fsp3) is 0.545. The third-order valence-electron chi connectivity index (χ3n) is 6.15. The molecule has 3 atom stereocenters. The van der Waals surface area contributed by atoms with E-state index in [0.717, 1.165) is 22.5 Å². The van der Waals surface area contributed by atoms with Crippen LogP contribution in [0.15, 0.2) is 24.5 Å². The maximum absolute atomic E-state index is 13.2. The number of methoxy groups -OCH3 is 1. The van der Waals surface area contributed by atoms with Gasteiger partial charge in [-0.3, -0.25) is 29.0 Å². The highest BCUT2D eigenvalue weighted by atomic mass is 16.5. The molecule has 2 saturated heterocycles. The van der Waals surface area contributed by atoms with Gasteiger partial charge in [0.1, 0.15) is 12.6 Å². The van der Waals surface area contributed by atoms with Crippen molar-refractivity contribution in [3.05, 3.63) is 30.1 Å². The molecule has 13 nitrogen and oxygen atoms in total. The fourth-order valence-corrected chi connectivity index (χ4v) is 4.35. The van der Waals surface area contributed by atoms with Crippen LogP contribution in [0.2, 0.25) is 0 Å². The molecular formula is C22H30N6O7. The molecule has 35 heavy (non-hydrogen) atoms. The summed E-state index contributed by atoms with van der Waals surface area (Å²) in [5, 5.41) is 12.3. The molecule has 0 bridgehead atoms. The van der Waals surface area contributed by atoms with Gasteiger partial charge >= 0.3 is 11.9 Å². The van der Waals surface area contributed by atoms with E-state index in [-0.39, 0.29) is 31.5 Å². The second-order valence-electron chi connectivity index (χ2n) is 8.38. The Balaban J connectivity index is 1.71. The highest BCUT2D eigenvalue weighted by Crippen LogP contribution is 2.23. The van der Waals surface area contributed by atoms with E-state index in [1.165, 1.54) is 0 Å². The highest BCUT2D eigenvalue weighted by molar-refractivity contribution is 5.96. The Bertz CT molecular complexity index is 959. The van der Waals surface area contributed by atoms with Crippen LogP contribution in [0.25, 0.3) is 0 Å². The van der Waals surface area contributed by atoms with Gasteiger partial charge in [-0.2, -0.15) is 0 Å². The number of esters is 1. The number of nitrogens with two attached hydrogens (primary N) is 1. The Morgan fingerprint density at radius 1 is 1.20 bits per heavy atom. The van der Waals surface area contributed by atoms with Crippen LogP contribution < -0.4 is 11.1 Å².